The predicted octanol–water partition coefficient (Wildman–Crippen LogP) is 3.03. The minimum absolute atomic E-state index is 0.207. The lowest BCUT2D eigenvalue weighted by Gasteiger charge is -2.33. The lowest BCUT2D eigenvalue weighted by atomic mass is 10.2. The van der Waals surface area contributed by atoms with E-state index in [1.54, 1.807) is 24.3 Å². The van der Waals surface area contributed by atoms with Gasteiger partial charge < -0.3 is 9.32 Å². The third-order valence-electron chi connectivity index (χ3n) is 4.92. The van der Waals surface area contributed by atoms with Crippen molar-refractivity contribution in [1.29, 1.82) is 5.26 Å². The van der Waals surface area contributed by atoms with Crippen LogP contribution < -0.4 is 4.90 Å². The Morgan fingerprint density at radius 3 is 2.28 bits per heavy atom. The highest BCUT2D eigenvalue weighted by Crippen LogP contribution is 2.29. The zero-order valence-corrected chi connectivity index (χ0v) is 16.8. The van der Waals surface area contributed by atoms with Crippen molar-refractivity contribution < 1.29 is 12.8 Å². The highest BCUT2D eigenvalue weighted by Gasteiger charge is 2.31. The van der Waals surface area contributed by atoms with E-state index in [1.165, 1.54) is 4.31 Å². The van der Waals surface area contributed by atoms with Crippen molar-refractivity contribution in [2.75, 3.05) is 31.1 Å². The number of rotatable bonds is 4. The van der Waals surface area contributed by atoms with Crippen molar-refractivity contribution in [2.24, 2.45) is 0 Å². The van der Waals surface area contributed by atoms with E-state index in [0.717, 1.165) is 11.1 Å². The first-order chi connectivity index (χ1) is 14.0. The number of oxazole rings is 1. The van der Waals surface area contributed by atoms with Gasteiger partial charge in [-0.25, -0.2) is 8.42 Å². The van der Waals surface area contributed by atoms with E-state index in [1.807, 2.05) is 42.2 Å². The van der Waals surface area contributed by atoms with Gasteiger partial charge in [0.1, 0.15) is 6.07 Å². The summed E-state index contributed by atoms with van der Waals surface area (Å²) in [6, 6.07) is 18.3. The first kappa shape index (κ1) is 19.2. The van der Waals surface area contributed by atoms with Crippen molar-refractivity contribution in [3.8, 4) is 17.5 Å². The number of hydrogen-bond donors (Lipinski definition) is 0. The molecule has 0 N–H and O–H groups in total. The normalized spacial score (nSPS) is 15.2. The number of sulfonamides is 1. The van der Waals surface area contributed by atoms with E-state index in [-0.39, 0.29) is 5.69 Å². The van der Waals surface area contributed by atoms with Crippen LogP contribution in [0.3, 0.4) is 0 Å². The van der Waals surface area contributed by atoms with Crippen molar-refractivity contribution >= 4 is 15.9 Å². The number of hydrogen-bond acceptors (Lipinski definition) is 6. The number of aryl methyl sites for hydroxylation is 1. The van der Waals surface area contributed by atoms with Gasteiger partial charge in [-0.15, -0.1) is 0 Å². The number of anilines is 1. The summed E-state index contributed by atoms with van der Waals surface area (Å²) in [5.41, 5.74) is 2.01. The quantitative estimate of drug-likeness (QED) is 0.659. The van der Waals surface area contributed by atoms with Gasteiger partial charge in [-0.05, 0) is 31.2 Å². The summed E-state index contributed by atoms with van der Waals surface area (Å²) in [6.07, 6.45) is 0. The topological polar surface area (TPSA) is 90.4 Å². The summed E-state index contributed by atoms with van der Waals surface area (Å²) in [6.45, 7) is 3.38. The largest absolute Gasteiger partial charge is 0.419 e. The van der Waals surface area contributed by atoms with Crippen molar-refractivity contribution in [3.05, 3.63) is 65.9 Å². The van der Waals surface area contributed by atoms with Gasteiger partial charge in [-0.1, -0.05) is 35.9 Å². The van der Waals surface area contributed by atoms with Gasteiger partial charge in [0, 0.05) is 31.7 Å². The zero-order chi connectivity index (χ0) is 20.4. The van der Waals surface area contributed by atoms with E-state index in [9.17, 15) is 13.7 Å². The number of benzene rings is 2. The molecule has 29 heavy (non-hydrogen) atoms. The van der Waals surface area contributed by atoms with Crippen LogP contribution in [0.5, 0.6) is 0 Å². The molecule has 4 rings (SSSR count). The van der Waals surface area contributed by atoms with Crippen LogP contribution in [0.25, 0.3) is 11.5 Å². The molecule has 0 spiro atoms. The van der Waals surface area contributed by atoms with Crippen molar-refractivity contribution in [1.82, 2.24) is 9.29 Å². The van der Waals surface area contributed by atoms with Gasteiger partial charge in [-0.3, -0.25) is 0 Å². The Labute approximate surface area is 169 Å². The van der Waals surface area contributed by atoms with Crippen LogP contribution in [-0.4, -0.2) is 43.9 Å². The minimum Gasteiger partial charge on any atom is -0.419 e. The standard InChI is InChI=1S/C21H20N4O3S/c1-16-7-9-18(10-8-16)29(26,27)25-13-11-24(12-14-25)21-19(15-22)23-20(28-21)17-5-3-2-4-6-17/h2-10H,11-14H2,1H3. The fourth-order valence-corrected chi connectivity index (χ4v) is 4.72. The average Bonchev–Trinajstić information content (AvgIpc) is 3.19. The molecule has 7 nitrogen and oxygen atoms in total. The summed E-state index contributed by atoms with van der Waals surface area (Å²) in [5, 5.41) is 9.46. The number of piperazine rings is 1. The van der Waals surface area contributed by atoms with Crippen molar-refractivity contribution in [2.45, 2.75) is 11.8 Å². The molecule has 1 aromatic heterocycles. The second-order valence-electron chi connectivity index (χ2n) is 6.85. The third-order valence-corrected chi connectivity index (χ3v) is 6.83. The Balaban J connectivity index is 1.52. The molecule has 1 fully saturated rings. The molecule has 1 saturated heterocycles. The monoisotopic (exact) mass is 408 g/mol. The van der Waals surface area contributed by atoms with Gasteiger partial charge in [0.2, 0.25) is 27.5 Å². The maximum atomic E-state index is 12.9. The van der Waals surface area contributed by atoms with Crippen LogP contribution in [0.2, 0.25) is 0 Å². The van der Waals surface area contributed by atoms with Gasteiger partial charge in [0.25, 0.3) is 0 Å². The van der Waals surface area contributed by atoms with Gasteiger partial charge in [0.15, 0.2) is 0 Å². The van der Waals surface area contributed by atoms with E-state index in [0.29, 0.717) is 42.8 Å². The number of nitrogens with zero attached hydrogens (tertiary/aromatic N) is 4. The molecular weight excluding hydrogens is 388 g/mol. The second-order valence-corrected chi connectivity index (χ2v) is 8.79. The van der Waals surface area contributed by atoms with Crippen LogP contribution >= 0.6 is 0 Å². The highest BCUT2D eigenvalue weighted by atomic mass is 32.2. The molecule has 0 aliphatic carbocycles. The van der Waals surface area contributed by atoms with Crippen LogP contribution in [0.15, 0.2) is 63.9 Å². The van der Waals surface area contributed by atoms with E-state index in [4.69, 9.17) is 4.42 Å². The Hall–Kier alpha value is -3.15. The number of nitriles is 1. The summed E-state index contributed by atoms with van der Waals surface area (Å²) < 4.78 is 33.1. The Morgan fingerprint density at radius 1 is 1.00 bits per heavy atom. The fourth-order valence-electron chi connectivity index (χ4n) is 3.29. The van der Waals surface area contributed by atoms with E-state index in [2.05, 4.69) is 11.1 Å². The lowest BCUT2D eigenvalue weighted by Crippen LogP contribution is -2.48. The first-order valence-electron chi connectivity index (χ1n) is 9.27. The van der Waals surface area contributed by atoms with Crippen LogP contribution in [-0.2, 0) is 10.0 Å². The maximum absolute atomic E-state index is 12.9. The number of aromatic nitrogens is 1. The van der Waals surface area contributed by atoms with Crippen LogP contribution in [0, 0.1) is 18.3 Å². The molecular formula is C21H20N4O3S. The molecule has 0 amide bonds. The maximum Gasteiger partial charge on any atom is 0.243 e. The molecule has 2 heterocycles. The summed E-state index contributed by atoms with van der Waals surface area (Å²) in [4.78, 5) is 6.46. The molecule has 1 aliphatic heterocycles. The summed E-state index contributed by atoms with van der Waals surface area (Å²) >= 11 is 0. The minimum atomic E-state index is -3.54. The average molecular weight is 408 g/mol. The molecule has 0 unspecified atom stereocenters. The van der Waals surface area contributed by atoms with Gasteiger partial charge >= 0.3 is 0 Å². The molecule has 8 heteroatoms. The molecule has 1 aliphatic rings. The lowest BCUT2D eigenvalue weighted by molar-refractivity contribution is 0.374. The summed E-state index contributed by atoms with van der Waals surface area (Å²) in [5.74, 6) is 0.769. The summed E-state index contributed by atoms with van der Waals surface area (Å²) in [7, 11) is -3.54. The highest BCUT2D eigenvalue weighted by molar-refractivity contribution is 7.89. The van der Waals surface area contributed by atoms with Crippen LogP contribution in [0.1, 0.15) is 11.3 Å². The molecule has 0 atom stereocenters. The Bertz CT molecular complexity index is 1140. The first-order valence-corrected chi connectivity index (χ1v) is 10.7. The van der Waals surface area contributed by atoms with E-state index >= 15 is 0 Å². The fraction of sp³-hybridized carbons (Fsp3) is 0.238. The van der Waals surface area contributed by atoms with Gasteiger partial charge in [0.05, 0.1) is 4.90 Å². The Morgan fingerprint density at radius 2 is 1.66 bits per heavy atom. The third kappa shape index (κ3) is 3.75. The zero-order valence-electron chi connectivity index (χ0n) is 15.9. The SMILES string of the molecule is Cc1ccc(S(=O)(=O)N2CCN(c3oc(-c4ccccc4)nc3C#N)CC2)cc1. The predicted molar refractivity (Wildman–Crippen MR) is 109 cm³/mol. The molecule has 0 saturated carbocycles. The second kappa shape index (κ2) is 7.70. The molecule has 0 bridgehead atoms. The van der Waals surface area contributed by atoms with E-state index < -0.39 is 10.0 Å². The van der Waals surface area contributed by atoms with Gasteiger partial charge in [-0.2, -0.15) is 14.6 Å². The van der Waals surface area contributed by atoms with Crippen LogP contribution in [0.4, 0.5) is 5.88 Å². The smallest absolute Gasteiger partial charge is 0.243 e. The molecule has 148 valence electrons. The molecule has 0 radical (unpaired) electrons. The molecule has 3 aromatic rings. The Kier molecular flexibility index (Phi) is 5.09. The molecule has 2 aromatic carbocycles. The van der Waals surface area contributed by atoms with Crippen molar-refractivity contribution in [3.63, 3.8) is 0 Å².